The topological polar surface area (TPSA) is 131 Å². The molecule has 10 nitrogen and oxygen atoms in total. The van der Waals surface area contributed by atoms with Crippen molar-refractivity contribution in [1.82, 2.24) is 14.9 Å². The van der Waals surface area contributed by atoms with E-state index in [4.69, 9.17) is 26.8 Å². The summed E-state index contributed by atoms with van der Waals surface area (Å²) in [6.45, 7) is 2.78. The molecule has 1 amide bonds. The summed E-state index contributed by atoms with van der Waals surface area (Å²) >= 11 is 6.16. The van der Waals surface area contributed by atoms with Crippen molar-refractivity contribution in [3.05, 3.63) is 65.2 Å². The smallest absolute Gasteiger partial charge is 0.429 e. The van der Waals surface area contributed by atoms with Gasteiger partial charge in [-0.1, -0.05) is 48.0 Å². The quantitative estimate of drug-likeness (QED) is 0.302. The number of carboxylic acid groups (broad SMARTS) is 1. The number of hydrogen-bond donors (Lipinski definition) is 2. The number of halogens is 4. The molecule has 3 aromatic rings. The van der Waals surface area contributed by atoms with Gasteiger partial charge in [0.05, 0.1) is 6.61 Å². The van der Waals surface area contributed by atoms with Crippen molar-refractivity contribution < 1.29 is 37.3 Å². The Morgan fingerprint density at radius 2 is 1.84 bits per heavy atom. The van der Waals surface area contributed by atoms with Crippen molar-refractivity contribution in [3.63, 3.8) is 0 Å². The lowest BCUT2D eigenvalue weighted by molar-refractivity contribution is -0.198. The fraction of sp³-hybridized carbons (Fsp3) is 0.400. The van der Waals surface area contributed by atoms with Crippen molar-refractivity contribution in [2.45, 2.75) is 44.5 Å². The molecule has 2 aromatic carbocycles. The molecule has 234 valence electrons. The van der Waals surface area contributed by atoms with Gasteiger partial charge in [-0.2, -0.15) is 23.1 Å². The van der Waals surface area contributed by atoms with Gasteiger partial charge in [-0.25, -0.2) is 9.59 Å². The molecule has 3 heterocycles. The van der Waals surface area contributed by atoms with Gasteiger partial charge in [-0.15, -0.1) is 0 Å². The SMILES string of the molecule is CCOC(=O)C1CC2(CCN(c3cc(O[C@H](c4ccc(Cl)cc4-c4ccccc4)C(F)(F)F)nc(N)n3)CC2)CN1C(=O)O. The number of carbonyl (C=O) groups excluding carboxylic acids is 1. The molecule has 3 N–H and O–H groups in total. The van der Waals surface area contributed by atoms with Crippen LogP contribution >= 0.6 is 11.6 Å². The minimum atomic E-state index is -4.82. The van der Waals surface area contributed by atoms with E-state index in [1.807, 2.05) is 4.90 Å². The molecule has 2 aliphatic rings. The van der Waals surface area contributed by atoms with E-state index >= 15 is 0 Å². The Morgan fingerprint density at radius 1 is 1.14 bits per heavy atom. The Morgan fingerprint density at radius 3 is 2.48 bits per heavy atom. The van der Waals surface area contributed by atoms with E-state index in [-0.39, 0.29) is 46.9 Å². The van der Waals surface area contributed by atoms with Crippen LogP contribution in [0, 0.1) is 5.41 Å². The van der Waals surface area contributed by atoms with E-state index in [0.29, 0.717) is 37.9 Å². The maximum absolute atomic E-state index is 14.5. The number of ether oxygens (including phenoxy) is 2. The monoisotopic (exact) mass is 633 g/mol. The predicted octanol–water partition coefficient (Wildman–Crippen LogP) is 5.96. The molecule has 1 unspecified atom stereocenters. The molecule has 14 heteroatoms. The second kappa shape index (κ2) is 12.4. The van der Waals surface area contributed by atoms with Crippen LogP contribution in [0.15, 0.2) is 54.6 Å². The molecule has 2 aliphatic heterocycles. The highest BCUT2D eigenvalue weighted by molar-refractivity contribution is 6.30. The highest BCUT2D eigenvalue weighted by Gasteiger charge is 2.51. The number of alkyl halides is 3. The summed E-state index contributed by atoms with van der Waals surface area (Å²) in [5, 5.41) is 9.96. The summed E-state index contributed by atoms with van der Waals surface area (Å²) in [4.78, 5) is 35.5. The van der Waals surface area contributed by atoms with Gasteiger partial charge in [0.1, 0.15) is 11.9 Å². The van der Waals surface area contributed by atoms with Crippen molar-refractivity contribution in [1.29, 1.82) is 0 Å². The standard InChI is InChI=1S/C30H31ClF3N5O5/c1-2-43-26(40)22-16-29(17-39(22)28(41)42)10-12-38(13-11-29)23-15-24(37-27(35)36-23)44-25(30(32,33)34)20-9-8-19(31)14-21(20)18-6-4-3-5-7-18/h3-9,14-15,22,25H,2,10-13,16-17H2,1H3,(H,41,42)(H2,35,36,37)/t22?,25-/m1/s1. The number of rotatable bonds is 7. The summed E-state index contributed by atoms with van der Waals surface area (Å²) < 4.78 is 54.2. The molecule has 0 aliphatic carbocycles. The van der Waals surface area contributed by atoms with Gasteiger partial charge in [0.15, 0.2) is 0 Å². The van der Waals surface area contributed by atoms with Gasteiger partial charge >= 0.3 is 18.2 Å². The fourth-order valence-corrected chi connectivity index (χ4v) is 6.16. The molecular formula is C30H31ClF3N5O5. The number of amides is 1. The fourth-order valence-electron chi connectivity index (χ4n) is 5.98. The molecule has 5 rings (SSSR count). The molecule has 0 radical (unpaired) electrons. The number of benzene rings is 2. The predicted molar refractivity (Wildman–Crippen MR) is 156 cm³/mol. The summed E-state index contributed by atoms with van der Waals surface area (Å²) in [5.41, 5.74) is 6.13. The highest BCUT2D eigenvalue weighted by atomic mass is 35.5. The number of nitrogens with two attached hydrogens (primary N) is 1. The molecule has 2 saturated heterocycles. The number of nitrogen functional groups attached to an aromatic ring is 1. The number of nitrogens with zero attached hydrogens (tertiary/aromatic N) is 4. The molecule has 2 atom stereocenters. The maximum atomic E-state index is 14.5. The Labute approximate surface area is 256 Å². The molecule has 2 fully saturated rings. The summed E-state index contributed by atoms with van der Waals surface area (Å²) in [7, 11) is 0. The van der Waals surface area contributed by atoms with Gasteiger partial charge in [-0.05, 0) is 54.9 Å². The number of aromatic nitrogens is 2. The van der Waals surface area contributed by atoms with Crippen molar-refractivity contribution in [2.75, 3.05) is 36.9 Å². The first-order valence-corrected chi connectivity index (χ1v) is 14.4. The molecule has 0 saturated carbocycles. The lowest BCUT2D eigenvalue weighted by Gasteiger charge is -2.39. The first-order chi connectivity index (χ1) is 20.9. The van der Waals surface area contributed by atoms with Gasteiger partial charge in [0.25, 0.3) is 0 Å². The summed E-state index contributed by atoms with van der Waals surface area (Å²) in [6.07, 6.45) is -7.04. The zero-order chi connectivity index (χ0) is 31.6. The van der Waals surface area contributed by atoms with Gasteiger partial charge < -0.3 is 25.2 Å². The van der Waals surface area contributed by atoms with E-state index in [1.165, 1.54) is 24.3 Å². The van der Waals surface area contributed by atoms with Crippen LogP contribution in [0.25, 0.3) is 11.1 Å². The van der Waals surface area contributed by atoms with E-state index in [9.17, 15) is 27.9 Å². The number of hydrogen-bond acceptors (Lipinski definition) is 8. The first-order valence-electron chi connectivity index (χ1n) is 14.0. The van der Waals surface area contributed by atoms with Crippen molar-refractivity contribution in [3.8, 4) is 17.0 Å². The Bertz CT molecular complexity index is 1520. The van der Waals surface area contributed by atoms with Crippen LogP contribution in [0.4, 0.5) is 29.7 Å². The average molecular weight is 634 g/mol. The lowest BCUT2D eigenvalue weighted by atomic mass is 9.76. The van der Waals surface area contributed by atoms with Crippen LogP contribution in [0.3, 0.4) is 0 Å². The van der Waals surface area contributed by atoms with Gasteiger partial charge in [-0.3, -0.25) is 4.90 Å². The van der Waals surface area contributed by atoms with Crippen LogP contribution in [-0.2, 0) is 9.53 Å². The third-order valence-corrected chi connectivity index (χ3v) is 8.32. The van der Waals surface area contributed by atoms with Crippen LogP contribution in [-0.4, -0.2) is 70.5 Å². The van der Waals surface area contributed by atoms with Gasteiger partial charge in [0.2, 0.25) is 17.9 Å². The molecular weight excluding hydrogens is 603 g/mol. The van der Waals surface area contributed by atoms with Crippen molar-refractivity contribution in [2.24, 2.45) is 5.41 Å². The summed E-state index contributed by atoms with van der Waals surface area (Å²) in [5.74, 6) is -0.921. The molecule has 0 bridgehead atoms. The largest absolute Gasteiger partial charge is 0.465 e. The third-order valence-electron chi connectivity index (χ3n) is 8.09. The van der Waals surface area contributed by atoms with E-state index in [1.54, 1.807) is 37.3 Å². The first kappa shape index (κ1) is 31.2. The van der Waals surface area contributed by atoms with Crippen molar-refractivity contribution >= 4 is 35.4 Å². The van der Waals surface area contributed by atoms with E-state index < -0.39 is 35.8 Å². The average Bonchev–Trinajstić information content (AvgIpc) is 3.36. The molecule has 44 heavy (non-hydrogen) atoms. The second-order valence-corrected chi connectivity index (χ2v) is 11.4. The Hall–Kier alpha value is -4.26. The minimum absolute atomic E-state index is 0.143. The third kappa shape index (κ3) is 6.62. The number of esters is 1. The highest BCUT2D eigenvalue weighted by Crippen LogP contribution is 2.45. The molecule has 1 aromatic heterocycles. The number of likely N-dealkylation sites (tertiary alicyclic amines) is 1. The Balaban J connectivity index is 1.37. The minimum Gasteiger partial charge on any atom is -0.465 e. The van der Waals surface area contributed by atoms with Gasteiger partial charge in [0, 0.05) is 36.3 Å². The lowest BCUT2D eigenvalue weighted by Crippen LogP contribution is -2.43. The van der Waals surface area contributed by atoms with E-state index in [0.717, 1.165) is 4.90 Å². The van der Waals surface area contributed by atoms with Crippen LogP contribution in [0.1, 0.15) is 37.9 Å². The normalized spacial score (nSPS) is 18.7. The number of carbonyl (C=O) groups is 2. The van der Waals surface area contributed by atoms with E-state index in [2.05, 4.69) is 9.97 Å². The zero-order valence-electron chi connectivity index (χ0n) is 23.8. The zero-order valence-corrected chi connectivity index (χ0v) is 24.5. The molecule has 1 spiro atoms. The maximum Gasteiger partial charge on any atom is 0.429 e. The van der Waals surface area contributed by atoms with Crippen LogP contribution in [0.5, 0.6) is 5.88 Å². The van der Waals surface area contributed by atoms with Crippen LogP contribution < -0.4 is 15.4 Å². The van der Waals surface area contributed by atoms with Crippen LogP contribution in [0.2, 0.25) is 5.02 Å². The Kier molecular flexibility index (Phi) is 8.78. The number of piperidine rings is 1. The summed E-state index contributed by atoms with van der Waals surface area (Å²) in [6, 6.07) is 13.1. The number of anilines is 2. The second-order valence-electron chi connectivity index (χ2n) is 10.9.